The molecule has 1 amide bonds. The Balaban J connectivity index is 2.20. The van der Waals surface area contributed by atoms with Crippen LogP contribution in [-0.2, 0) is 4.79 Å². The zero-order valence-electron chi connectivity index (χ0n) is 11.7. The third-order valence-corrected chi connectivity index (χ3v) is 3.52. The average molecular weight is 256 g/mol. The first-order chi connectivity index (χ1) is 8.61. The molecular weight excluding hydrogens is 228 g/mol. The van der Waals surface area contributed by atoms with E-state index in [0.717, 1.165) is 25.8 Å². The van der Waals surface area contributed by atoms with Gasteiger partial charge in [-0.05, 0) is 44.1 Å². The number of carbonyl (C=O) groups is 1. The first-order valence-electron chi connectivity index (χ1n) is 7.22. The second-order valence-electron chi connectivity index (χ2n) is 5.81. The molecule has 1 heterocycles. The van der Waals surface area contributed by atoms with E-state index in [0.29, 0.717) is 30.8 Å². The normalized spacial score (nSPS) is 21.2. The van der Waals surface area contributed by atoms with Crippen molar-refractivity contribution in [2.75, 3.05) is 19.7 Å². The van der Waals surface area contributed by atoms with E-state index < -0.39 is 0 Å². The molecule has 1 rings (SSSR count). The summed E-state index contributed by atoms with van der Waals surface area (Å²) in [6.07, 6.45) is 4.72. The van der Waals surface area contributed by atoms with Crippen LogP contribution in [0.3, 0.4) is 0 Å². The summed E-state index contributed by atoms with van der Waals surface area (Å²) in [5, 5.41) is 15.4. The van der Waals surface area contributed by atoms with Crippen molar-refractivity contribution in [3.05, 3.63) is 0 Å². The SMILES string of the molecule is CC(C)CC(CCO)CNC(=O)CC1CCCN1. The zero-order chi connectivity index (χ0) is 13.4. The smallest absolute Gasteiger partial charge is 0.221 e. The van der Waals surface area contributed by atoms with Crippen LogP contribution in [0.25, 0.3) is 0 Å². The summed E-state index contributed by atoms with van der Waals surface area (Å²) >= 11 is 0. The minimum atomic E-state index is 0.140. The van der Waals surface area contributed by atoms with Crippen molar-refractivity contribution in [1.29, 1.82) is 0 Å². The molecule has 0 bridgehead atoms. The lowest BCUT2D eigenvalue weighted by Crippen LogP contribution is -2.35. The van der Waals surface area contributed by atoms with Gasteiger partial charge in [0.2, 0.25) is 5.91 Å². The fraction of sp³-hybridized carbons (Fsp3) is 0.929. The maximum atomic E-state index is 11.8. The highest BCUT2D eigenvalue weighted by Crippen LogP contribution is 2.14. The lowest BCUT2D eigenvalue weighted by atomic mass is 9.94. The molecule has 106 valence electrons. The molecule has 0 aromatic rings. The van der Waals surface area contributed by atoms with E-state index in [9.17, 15) is 4.79 Å². The van der Waals surface area contributed by atoms with Crippen LogP contribution >= 0.6 is 0 Å². The Bertz CT molecular complexity index is 238. The molecule has 2 unspecified atom stereocenters. The zero-order valence-corrected chi connectivity index (χ0v) is 11.7. The Morgan fingerprint density at radius 3 is 2.83 bits per heavy atom. The van der Waals surface area contributed by atoms with Crippen LogP contribution in [0.4, 0.5) is 0 Å². The summed E-state index contributed by atoms with van der Waals surface area (Å²) in [4.78, 5) is 11.8. The Morgan fingerprint density at radius 2 is 2.28 bits per heavy atom. The quantitative estimate of drug-likeness (QED) is 0.613. The third kappa shape index (κ3) is 6.36. The molecule has 3 N–H and O–H groups in total. The monoisotopic (exact) mass is 256 g/mol. The van der Waals surface area contributed by atoms with E-state index >= 15 is 0 Å². The van der Waals surface area contributed by atoms with E-state index in [4.69, 9.17) is 5.11 Å². The molecule has 2 atom stereocenters. The van der Waals surface area contributed by atoms with Crippen LogP contribution in [0.15, 0.2) is 0 Å². The molecule has 0 spiro atoms. The van der Waals surface area contributed by atoms with Gasteiger partial charge in [0.15, 0.2) is 0 Å². The van der Waals surface area contributed by atoms with Gasteiger partial charge in [-0.2, -0.15) is 0 Å². The molecule has 1 aliphatic rings. The lowest BCUT2D eigenvalue weighted by molar-refractivity contribution is -0.121. The molecule has 1 saturated heterocycles. The maximum absolute atomic E-state index is 11.8. The van der Waals surface area contributed by atoms with Crippen LogP contribution < -0.4 is 10.6 Å². The first kappa shape index (κ1) is 15.4. The van der Waals surface area contributed by atoms with Crippen molar-refractivity contribution >= 4 is 5.91 Å². The van der Waals surface area contributed by atoms with Crippen molar-refractivity contribution < 1.29 is 9.90 Å². The molecular formula is C14H28N2O2. The Kier molecular flexibility index (Phi) is 7.28. The third-order valence-electron chi connectivity index (χ3n) is 3.52. The summed E-state index contributed by atoms with van der Waals surface area (Å²) in [6.45, 7) is 6.30. The number of carbonyl (C=O) groups excluding carboxylic acids is 1. The van der Waals surface area contributed by atoms with Crippen LogP contribution in [0.2, 0.25) is 0 Å². The van der Waals surface area contributed by atoms with Gasteiger partial charge in [0.05, 0.1) is 0 Å². The average Bonchev–Trinajstić information content (AvgIpc) is 2.78. The van der Waals surface area contributed by atoms with Gasteiger partial charge in [-0.1, -0.05) is 13.8 Å². The fourth-order valence-electron chi connectivity index (χ4n) is 2.64. The van der Waals surface area contributed by atoms with E-state index in [1.165, 1.54) is 6.42 Å². The highest BCUT2D eigenvalue weighted by molar-refractivity contribution is 5.76. The minimum absolute atomic E-state index is 0.140. The van der Waals surface area contributed by atoms with Gasteiger partial charge in [0.1, 0.15) is 0 Å². The number of hydrogen-bond acceptors (Lipinski definition) is 3. The number of nitrogens with one attached hydrogen (secondary N) is 2. The van der Waals surface area contributed by atoms with Crippen LogP contribution in [0.1, 0.15) is 46.0 Å². The van der Waals surface area contributed by atoms with Crippen LogP contribution in [0, 0.1) is 11.8 Å². The predicted octanol–water partition coefficient (Wildman–Crippen LogP) is 1.29. The second-order valence-corrected chi connectivity index (χ2v) is 5.81. The maximum Gasteiger partial charge on any atom is 0.221 e. The molecule has 0 aromatic heterocycles. The standard InChI is InChI=1S/C14H28N2O2/c1-11(2)8-12(5-7-17)10-16-14(18)9-13-4-3-6-15-13/h11-13,15,17H,3-10H2,1-2H3,(H,16,18). The number of aliphatic hydroxyl groups excluding tert-OH is 1. The second kappa shape index (κ2) is 8.48. The largest absolute Gasteiger partial charge is 0.396 e. The Hall–Kier alpha value is -0.610. The molecule has 0 aliphatic carbocycles. The minimum Gasteiger partial charge on any atom is -0.396 e. The van der Waals surface area contributed by atoms with Crippen LogP contribution in [-0.4, -0.2) is 36.8 Å². The van der Waals surface area contributed by atoms with E-state index in [2.05, 4.69) is 24.5 Å². The number of rotatable bonds is 8. The summed E-state index contributed by atoms with van der Waals surface area (Å²) < 4.78 is 0. The van der Waals surface area contributed by atoms with Gasteiger partial charge >= 0.3 is 0 Å². The van der Waals surface area contributed by atoms with E-state index in [1.807, 2.05) is 0 Å². The molecule has 0 saturated carbocycles. The van der Waals surface area contributed by atoms with Gasteiger partial charge in [0.25, 0.3) is 0 Å². The van der Waals surface area contributed by atoms with Crippen LogP contribution in [0.5, 0.6) is 0 Å². The molecule has 4 nitrogen and oxygen atoms in total. The van der Waals surface area contributed by atoms with Gasteiger partial charge < -0.3 is 15.7 Å². The van der Waals surface area contributed by atoms with Crippen molar-refractivity contribution in [3.63, 3.8) is 0 Å². The van der Waals surface area contributed by atoms with Gasteiger partial charge in [-0.15, -0.1) is 0 Å². The molecule has 18 heavy (non-hydrogen) atoms. The van der Waals surface area contributed by atoms with Crippen molar-refractivity contribution in [3.8, 4) is 0 Å². The Labute approximate surface area is 111 Å². The lowest BCUT2D eigenvalue weighted by Gasteiger charge is -2.19. The highest BCUT2D eigenvalue weighted by Gasteiger charge is 2.18. The molecule has 0 radical (unpaired) electrons. The Morgan fingerprint density at radius 1 is 1.50 bits per heavy atom. The first-order valence-corrected chi connectivity index (χ1v) is 7.22. The van der Waals surface area contributed by atoms with Crippen molar-refractivity contribution in [2.45, 2.75) is 52.0 Å². The van der Waals surface area contributed by atoms with Gasteiger partial charge in [0, 0.05) is 25.6 Å². The highest BCUT2D eigenvalue weighted by atomic mass is 16.3. The summed E-state index contributed by atoms with van der Waals surface area (Å²) in [7, 11) is 0. The van der Waals surface area contributed by atoms with Crippen molar-refractivity contribution in [2.24, 2.45) is 11.8 Å². The summed E-state index contributed by atoms with van der Waals surface area (Å²) in [5.74, 6) is 1.14. The molecule has 0 aromatic carbocycles. The molecule has 4 heteroatoms. The van der Waals surface area contributed by atoms with Gasteiger partial charge in [-0.3, -0.25) is 4.79 Å². The number of hydrogen-bond donors (Lipinski definition) is 3. The van der Waals surface area contributed by atoms with Crippen molar-refractivity contribution in [1.82, 2.24) is 10.6 Å². The summed E-state index contributed by atoms with van der Waals surface area (Å²) in [5.41, 5.74) is 0. The van der Waals surface area contributed by atoms with E-state index in [1.54, 1.807) is 0 Å². The number of amides is 1. The number of aliphatic hydroxyl groups is 1. The van der Waals surface area contributed by atoms with Gasteiger partial charge in [-0.25, -0.2) is 0 Å². The molecule has 1 aliphatic heterocycles. The molecule has 1 fully saturated rings. The van der Waals surface area contributed by atoms with E-state index in [-0.39, 0.29) is 12.5 Å². The fourth-order valence-corrected chi connectivity index (χ4v) is 2.64. The summed E-state index contributed by atoms with van der Waals surface area (Å²) in [6, 6.07) is 0.367. The predicted molar refractivity (Wildman–Crippen MR) is 73.3 cm³/mol. The topological polar surface area (TPSA) is 61.4 Å².